The molecule has 0 spiro atoms. The van der Waals surface area contributed by atoms with Gasteiger partial charge in [0.05, 0.1) is 33.7 Å². The molecule has 1 atom stereocenters. The van der Waals surface area contributed by atoms with E-state index in [-0.39, 0.29) is 41.0 Å². The van der Waals surface area contributed by atoms with E-state index in [9.17, 15) is 23.3 Å². The van der Waals surface area contributed by atoms with Crippen LogP contribution in [0, 0.1) is 28.9 Å². The Morgan fingerprint density at radius 3 is 2.55 bits per heavy atom. The minimum atomic E-state index is -4.00. The van der Waals surface area contributed by atoms with Gasteiger partial charge < -0.3 is 0 Å². The molecule has 178 valence electrons. The molecule has 4 rings (SSSR count). The summed E-state index contributed by atoms with van der Waals surface area (Å²) in [6.45, 7) is 2.43. The Balaban J connectivity index is 1.29. The van der Waals surface area contributed by atoms with E-state index in [2.05, 4.69) is 4.98 Å². The first-order valence-corrected chi connectivity index (χ1v) is 13.1. The lowest BCUT2D eigenvalue weighted by Gasteiger charge is -2.31. The molecule has 0 bridgehead atoms. The lowest BCUT2D eigenvalue weighted by Crippen LogP contribution is -2.37. The monoisotopic (exact) mass is 495 g/mol. The fourth-order valence-electron chi connectivity index (χ4n) is 4.23. The van der Waals surface area contributed by atoms with Gasteiger partial charge in [-0.2, -0.15) is 8.42 Å². The van der Waals surface area contributed by atoms with Gasteiger partial charge in [-0.1, -0.05) is 0 Å². The van der Waals surface area contributed by atoms with Crippen LogP contribution in [0.4, 0.5) is 5.69 Å². The molecular formula is C21H25N3O7S2. The molecule has 0 radical (unpaired) electrons. The molecule has 2 aromatic rings. The Morgan fingerprint density at radius 1 is 1.24 bits per heavy atom. The van der Waals surface area contributed by atoms with Crippen LogP contribution < -0.4 is 0 Å². The van der Waals surface area contributed by atoms with E-state index in [1.807, 2.05) is 12.3 Å². The molecule has 0 unspecified atom stereocenters. The van der Waals surface area contributed by atoms with Gasteiger partial charge >= 0.3 is 0 Å². The Morgan fingerprint density at radius 2 is 1.94 bits per heavy atom. The maximum absolute atomic E-state index is 13.1. The first-order valence-electron chi connectivity index (χ1n) is 10.8. The fourth-order valence-corrected chi connectivity index (χ4v) is 5.87. The number of hydrogen-bond donors (Lipinski definition) is 0. The highest BCUT2D eigenvalue weighted by molar-refractivity contribution is 7.86. The smallest absolute Gasteiger partial charge is 0.272 e. The number of nitrogens with zero attached hydrogens (tertiary/aromatic N) is 3. The molecule has 1 amide bonds. The molecule has 1 aliphatic carbocycles. The fraction of sp³-hybridized carbons (Fsp3) is 0.524. The van der Waals surface area contributed by atoms with Crippen LogP contribution in [0.5, 0.6) is 0 Å². The highest BCUT2D eigenvalue weighted by atomic mass is 32.2. The maximum Gasteiger partial charge on any atom is 0.296 e. The van der Waals surface area contributed by atoms with Crippen molar-refractivity contribution in [3.8, 4) is 0 Å². The number of amides is 1. The lowest BCUT2D eigenvalue weighted by atomic mass is 9.82. The van der Waals surface area contributed by atoms with Gasteiger partial charge in [0.2, 0.25) is 5.91 Å². The van der Waals surface area contributed by atoms with E-state index in [4.69, 9.17) is 9.02 Å². The Hall–Kier alpha value is -2.41. The van der Waals surface area contributed by atoms with E-state index in [1.165, 1.54) is 17.2 Å². The van der Waals surface area contributed by atoms with Crippen LogP contribution in [-0.2, 0) is 23.9 Å². The Labute approximate surface area is 195 Å². The second-order valence-electron chi connectivity index (χ2n) is 8.30. The molecule has 33 heavy (non-hydrogen) atoms. The molecule has 2 heterocycles. The summed E-state index contributed by atoms with van der Waals surface area (Å²) in [7, 11) is -4.00. The summed E-state index contributed by atoms with van der Waals surface area (Å²) in [5.41, 5.74) is 0.674. The highest BCUT2D eigenvalue weighted by Gasteiger charge is 2.38. The number of carbonyl (C=O) groups is 1. The van der Waals surface area contributed by atoms with Gasteiger partial charge in [0.1, 0.15) is 6.04 Å². The van der Waals surface area contributed by atoms with Crippen molar-refractivity contribution in [3.05, 3.63) is 50.5 Å². The number of rotatable bonds is 7. The van der Waals surface area contributed by atoms with Gasteiger partial charge in [-0.15, -0.1) is 11.3 Å². The van der Waals surface area contributed by atoms with Crippen LogP contribution in [0.3, 0.4) is 0 Å². The predicted octanol–water partition coefficient (Wildman–Crippen LogP) is 3.78. The van der Waals surface area contributed by atoms with Crippen LogP contribution in [-0.4, -0.2) is 42.5 Å². The van der Waals surface area contributed by atoms with E-state index >= 15 is 0 Å². The molecule has 1 aliphatic heterocycles. The summed E-state index contributed by atoms with van der Waals surface area (Å²) in [5, 5.41) is 15.1. The summed E-state index contributed by atoms with van der Waals surface area (Å²) in [6.07, 6.45) is 3.32. The van der Waals surface area contributed by atoms with Crippen molar-refractivity contribution < 1.29 is 27.2 Å². The zero-order chi connectivity index (χ0) is 23.6. The quantitative estimate of drug-likeness (QED) is 0.322. The number of non-ortho nitro benzene ring substituents is 1. The van der Waals surface area contributed by atoms with Crippen LogP contribution in [0.1, 0.15) is 48.8 Å². The summed E-state index contributed by atoms with van der Waals surface area (Å²) in [6, 6.07) is 4.44. The van der Waals surface area contributed by atoms with E-state index in [0.29, 0.717) is 32.3 Å². The minimum absolute atomic E-state index is 0.0124. The normalized spacial score (nSPS) is 23.5. The number of benzene rings is 1. The zero-order valence-corrected chi connectivity index (χ0v) is 19.7. The zero-order valence-electron chi connectivity index (χ0n) is 18.1. The van der Waals surface area contributed by atoms with Gasteiger partial charge in [-0.3, -0.25) is 23.9 Å². The Kier molecular flexibility index (Phi) is 7.07. The molecule has 1 saturated heterocycles. The Bertz CT molecular complexity index is 1110. The number of aryl methyl sites for hydroxylation is 1. The average molecular weight is 496 g/mol. The maximum atomic E-state index is 13.1. The predicted molar refractivity (Wildman–Crippen MR) is 119 cm³/mol. The van der Waals surface area contributed by atoms with E-state index in [0.717, 1.165) is 29.3 Å². The average Bonchev–Trinajstić information content (AvgIpc) is 3.46. The third kappa shape index (κ3) is 5.40. The second-order valence-corrected chi connectivity index (χ2v) is 11.0. The second kappa shape index (κ2) is 9.84. The number of thiazole rings is 1. The van der Waals surface area contributed by atoms with Crippen molar-refractivity contribution in [2.24, 2.45) is 11.8 Å². The van der Waals surface area contributed by atoms with Gasteiger partial charge in [0.25, 0.3) is 15.8 Å². The first-order chi connectivity index (χ1) is 15.7. The molecule has 1 aromatic carbocycles. The molecule has 2 aliphatic rings. The van der Waals surface area contributed by atoms with Gasteiger partial charge in [-0.25, -0.2) is 10.0 Å². The number of hydroxylamine groups is 2. The van der Waals surface area contributed by atoms with Crippen molar-refractivity contribution in [2.45, 2.75) is 50.0 Å². The summed E-state index contributed by atoms with van der Waals surface area (Å²) >= 11 is 1.55. The van der Waals surface area contributed by atoms with Crippen molar-refractivity contribution in [1.29, 1.82) is 0 Å². The largest absolute Gasteiger partial charge is 0.296 e. The number of aromatic nitrogens is 1. The summed E-state index contributed by atoms with van der Waals surface area (Å²) in [5.74, 6) is -0.202. The standard InChI is InChI=1S/C21H25N3O7S2/c1-14-22-19(13-32-14)20-10-11-30-23(20)21(25)16-4-2-15(3-5-16)12-31-33(28,29)18-8-6-17(7-9-18)24(26)27/h6-9,13,15-16,20H,2-5,10-12H2,1H3/t15?,16?,20-/m0/s1. The molecular weight excluding hydrogens is 470 g/mol. The van der Waals surface area contributed by atoms with Gasteiger partial charge in [0.15, 0.2) is 0 Å². The number of nitro benzene ring substituents is 1. The molecule has 12 heteroatoms. The van der Waals surface area contributed by atoms with Crippen molar-refractivity contribution in [3.63, 3.8) is 0 Å². The van der Waals surface area contributed by atoms with Gasteiger partial charge in [0, 0.05) is 29.9 Å². The third-order valence-electron chi connectivity index (χ3n) is 6.09. The van der Waals surface area contributed by atoms with Crippen molar-refractivity contribution in [2.75, 3.05) is 13.2 Å². The summed E-state index contributed by atoms with van der Waals surface area (Å²) in [4.78, 5) is 33.2. The van der Waals surface area contributed by atoms with Crippen LogP contribution >= 0.6 is 11.3 Å². The summed E-state index contributed by atoms with van der Waals surface area (Å²) < 4.78 is 30.0. The SMILES string of the molecule is Cc1nc([C@@H]2CCON2C(=O)C2CCC(COS(=O)(=O)c3ccc([N+](=O)[O-])cc3)CC2)cs1. The van der Waals surface area contributed by atoms with Gasteiger partial charge in [-0.05, 0) is 50.7 Å². The van der Waals surface area contributed by atoms with E-state index < -0.39 is 15.0 Å². The molecule has 2 fully saturated rings. The topological polar surface area (TPSA) is 129 Å². The van der Waals surface area contributed by atoms with Crippen LogP contribution in [0.25, 0.3) is 0 Å². The molecule has 0 N–H and O–H groups in total. The number of nitro groups is 1. The first kappa shape index (κ1) is 23.7. The lowest BCUT2D eigenvalue weighted by molar-refractivity contribution is -0.384. The van der Waals surface area contributed by atoms with E-state index in [1.54, 1.807) is 11.3 Å². The molecule has 1 aromatic heterocycles. The number of hydrogen-bond acceptors (Lipinski definition) is 9. The highest BCUT2D eigenvalue weighted by Crippen LogP contribution is 2.36. The van der Waals surface area contributed by atoms with Crippen LogP contribution in [0.15, 0.2) is 34.5 Å². The molecule has 1 saturated carbocycles. The van der Waals surface area contributed by atoms with Crippen LogP contribution in [0.2, 0.25) is 0 Å². The minimum Gasteiger partial charge on any atom is -0.272 e. The molecule has 10 nitrogen and oxygen atoms in total. The number of carbonyl (C=O) groups excluding carboxylic acids is 1. The third-order valence-corrected chi connectivity index (χ3v) is 8.18. The van der Waals surface area contributed by atoms with Crippen molar-refractivity contribution >= 4 is 33.0 Å². The van der Waals surface area contributed by atoms with Crippen molar-refractivity contribution in [1.82, 2.24) is 10.0 Å².